The number of hydrogen-bond donors (Lipinski definition) is 2. The number of nitrogens with one attached hydrogen (secondary N) is 2. The van der Waals surface area contributed by atoms with E-state index in [0.29, 0.717) is 16.8 Å². The first-order valence-corrected chi connectivity index (χ1v) is 9.66. The Morgan fingerprint density at radius 1 is 1.27 bits per heavy atom. The highest BCUT2D eigenvalue weighted by atomic mass is 79.9. The van der Waals surface area contributed by atoms with Gasteiger partial charge in [0.25, 0.3) is 0 Å². The molecular formula is C19H21BrClN5. The van der Waals surface area contributed by atoms with Crippen LogP contribution in [0.4, 0.5) is 5.69 Å². The van der Waals surface area contributed by atoms with Gasteiger partial charge in [0.1, 0.15) is 5.82 Å². The van der Waals surface area contributed by atoms with Gasteiger partial charge in [0.15, 0.2) is 5.82 Å². The first-order valence-electron chi connectivity index (χ1n) is 8.49. The molecule has 2 aromatic heterocycles. The van der Waals surface area contributed by atoms with Crippen LogP contribution in [0.1, 0.15) is 37.7 Å². The normalized spacial score (nSPS) is 13.4. The van der Waals surface area contributed by atoms with E-state index in [1.165, 1.54) is 0 Å². The van der Waals surface area contributed by atoms with E-state index in [1.54, 1.807) is 6.20 Å². The van der Waals surface area contributed by atoms with Crippen molar-refractivity contribution in [1.29, 1.82) is 0 Å². The van der Waals surface area contributed by atoms with Crippen molar-refractivity contribution in [1.82, 2.24) is 20.2 Å². The monoisotopic (exact) mass is 433 g/mol. The summed E-state index contributed by atoms with van der Waals surface area (Å²) in [5, 5.41) is 11.3. The minimum Gasteiger partial charge on any atom is -0.383 e. The van der Waals surface area contributed by atoms with Gasteiger partial charge in [0.05, 0.1) is 10.7 Å². The molecule has 0 radical (unpaired) electrons. The Balaban J connectivity index is 1.67. The van der Waals surface area contributed by atoms with Gasteiger partial charge in [-0.2, -0.15) is 5.10 Å². The van der Waals surface area contributed by atoms with Gasteiger partial charge < -0.3 is 5.32 Å². The zero-order valence-electron chi connectivity index (χ0n) is 14.9. The van der Waals surface area contributed by atoms with Crippen LogP contribution in [0.25, 0.3) is 11.4 Å². The fraction of sp³-hybridized carbons (Fsp3) is 0.316. The van der Waals surface area contributed by atoms with Crippen LogP contribution in [0, 0.1) is 6.92 Å². The number of hydrogen-bond acceptors (Lipinski definition) is 4. The van der Waals surface area contributed by atoms with Crippen LogP contribution in [-0.4, -0.2) is 26.2 Å². The van der Waals surface area contributed by atoms with Crippen LogP contribution in [0.2, 0.25) is 5.02 Å². The van der Waals surface area contributed by atoms with E-state index in [1.807, 2.05) is 25.1 Å². The van der Waals surface area contributed by atoms with Gasteiger partial charge in [-0.15, -0.1) is 0 Å². The summed E-state index contributed by atoms with van der Waals surface area (Å²) < 4.78 is 0.951. The predicted molar refractivity (Wildman–Crippen MR) is 110 cm³/mol. The lowest BCUT2D eigenvalue weighted by Gasteiger charge is -2.20. The fourth-order valence-corrected chi connectivity index (χ4v) is 4.02. The Kier molecular flexibility index (Phi) is 5.94. The molecule has 2 heterocycles. The van der Waals surface area contributed by atoms with Gasteiger partial charge >= 0.3 is 0 Å². The third-order valence-electron chi connectivity index (χ3n) is 4.14. The van der Waals surface area contributed by atoms with Crippen molar-refractivity contribution < 1.29 is 0 Å². The van der Waals surface area contributed by atoms with Crippen LogP contribution in [-0.2, 0) is 0 Å². The Hall–Kier alpha value is -1.92. The van der Waals surface area contributed by atoms with E-state index in [9.17, 15) is 0 Å². The van der Waals surface area contributed by atoms with Gasteiger partial charge in [-0.1, -0.05) is 30.7 Å². The molecular weight excluding hydrogens is 414 g/mol. The molecule has 2 unspecified atom stereocenters. The average Bonchev–Trinajstić information content (AvgIpc) is 3.01. The number of nitrogens with zero attached hydrogens (tertiary/aromatic N) is 3. The van der Waals surface area contributed by atoms with Crippen molar-refractivity contribution in [2.24, 2.45) is 0 Å². The highest BCUT2D eigenvalue weighted by Crippen LogP contribution is 2.29. The smallest absolute Gasteiger partial charge is 0.181 e. The van der Waals surface area contributed by atoms with Crippen molar-refractivity contribution in [3.8, 4) is 11.4 Å². The summed E-state index contributed by atoms with van der Waals surface area (Å²) in [6, 6.07) is 10.3. The van der Waals surface area contributed by atoms with Gasteiger partial charge in [0.2, 0.25) is 0 Å². The molecule has 7 heteroatoms. The molecule has 0 fully saturated rings. The molecule has 0 bridgehead atoms. The van der Waals surface area contributed by atoms with Crippen molar-refractivity contribution in [2.75, 3.05) is 5.32 Å². The van der Waals surface area contributed by atoms with E-state index >= 15 is 0 Å². The van der Waals surface area contributed by atoms with Crippen molar-refractivity contribution in [3.05, 3.63) is 57.5 Å². The van der Waals surface area contributed by atoms with E-state index in [-0.39, 0.29) is 6.04 Å². The number of aromatic nitrogens is 4. The molecule has 26 heavy (non-hydrogen) atoms. The van der Waals surface area contributed by atoms with Crippen molar-refractivity contribution >= 4 is 33.2 Å². The van der Waals surface area contributed by atoms with E-state index in [4.69, 9.17) is 11.6 Å². The molecule has 2 atom stereocenters. The average molecular weight is 435 g/mol. The molecule has 0 aliphatic carbocycles. The quantitative estimate of drug-likeness (QED) is 0.531. The van der Waals surface area contributed by atoms with Gasteiger partial charge in [-0.25, -0.2) is 4.98 Å². The summed E-state index contributed by atoms with van der Waals surface area (Å²) in [5.74, 6) is 1.81. The molecule has 136 valence electrons. The minimum absolute atomic E-state index is 0.276. The molecule has 5 nitrogen and oxygen atoms in total. The number of rotatable bonds is 6. The van der Waals surface area contributed by atoms with Gasteiger partial charge in [-0.3, -0.25) is 10.1 Å². The van der Waals surface area contributed by atoms with Gasteiger partial charge in [0, 0.05) is 33.9 Å². The molecule has 3 rings (SSSR count). The zero-order chi connectivity index (χ0) is 18.7. The summed E-state index contributed by atoms with van der Waals surface area (Å²) in [4.78, 5) is 8.85. The number of anilines is 1. The lowest BCUT2D eigenvalue weighted by atomic mass is 9.98. The lowest BCUT2D eigenvalue weighted by Crippen LogP contribution is -2.18. The van der Waals surface area contributed by atoms with Crippen molar-refractivity contribution in [3.63, 3.8) is 0 Å². The number of pyridine rings is 1. The van der Waals surface area contributed by atoms with Crippen LogP contribution >= 0.6 is 27.5 Å². The second kappa shape index (κ2) is 8.18. The SMILES string of the molecule is Cc1nc(-c2cccc(NC(C)CC(C)c3ncc(Cl)cc3Br)c2)n[nH]1. The summed E-state index contributed by atoms with van der Waals surface area (Å²) >= 11 is 9.54. The maximum Gasteiger partial charge on any atom is 0.181 e. The third kappa shape index (κ3) is 4.62. The third-order valence-corrected chi connectivity index (χ3v) is 4.98. The van der Waals surface area contributed by atoms with Crippen LogP contribution in [0.15, 0.2) is 41.0 Å². The number of halogens is 2. The Morgan fingerprint density at radius 3 is 2.77 bits per heavy atom. The standard InChI is InChI=1S/C19H21BrClN5/c1-11(18-17(20)9-15(21)10-22-18)7-12(2)23-16-6-4-5-14(8-16)19-24-13(3)25-26-19/h4-6,8-12,23H,7H2,1-3H3,(H,24,25,26). The summed E-state index contributed by atoms with van der Waals surface area (Å²) in [7, 11) is 0. The second-order valence-corrected chi connectivity index (χ2v) is 7.82. The van der Waals surface area contributed by atoms with Crippen molar-refractivity contribution in [2.45, 2.75) is 39.2 Å². The fourth-order valence-electron chi connectivity index (χ4n) is 2.99. The molecule has 3 aromatic rings. The Bertz CT molecular complexity index is 895. The number of H-pyrrole nitrogens is 1. The molecule has 1 aromatic carbocycles. The largest absolute Gasteiger partial charge is 0.383 e. The van der Waals surface area contributed by atoms with Crippen LogP contribution < -0.4 is 5.32 Å². The van der Waals surface area contributed by atoms with E-state index in [2.05, 4.69) is 67.4 Å². The summed E-state index contributed by atoms with van der Waals surface area (Å²) in [6.07, 6.45) is 2.63. The maximum atomic E-state index is 5.98. The summed E-state index contributed by atoms with van der Waals surface area (Å²) in [6.45, 7) is 6.24. The first kappa shape index (κ1) is 18.9. The van der Waals surface area contributed by atoms with Gasteiger partial charge in [-0.05, 0) is 54.4 Å². The molecule has 0 saturated carbocycles. The number of aromatic amines is 1. The first-order chi connectivity index (χ1) is 12.4. The molecule has 0 aliphatic heterocycles. The van der Waals surface area contributed by atoms with E-state index < -0.39 is 0 Å². The highest BCUT2D eigenvalue weighted by Gasteiger charge is 2.15. The lowest BCUT2D eigenvalue weighted by molar-refractivity contribution is 0.598. The summed E-state index contributed by atoms with van der Waals surface area (Å²) in [5.41, 5.74) is 3.06. The molecule has 0 saturated heterocycles. The number of aryl methyl sites for hydroxylation is 1. The maximum absolute atomic E-state index is 5.98. The topological polar surface area (TPSA) is 66.5 Å². The molecule has 0 amide bonds. The van der Waals surface area contributed by atoms with Crippen LogP contribution in [0.3, 0.4) is 0 Å². The zero-order valence-corrected chi connectivity index (χ0v) is 17.3. The molecule has 2 N–H and O–H groups in total. The molecule has 0 aliphatic rings. The van der Waals surface area contributed by atoms with E-state index in [0.717, 1.165) is 33.7 Å². The molecule has 0 spiro atoms. The minimum atomic E-state index is 0.276. The number of benzene rings is 1. The Morgan fingerprint density at radius 2 is 2.08 bits per heavy atom. The van der Waals surface area contributed by atoms with Crippen LogP contribution in [0.5, 0.6) is 0 Å². The predicted octanol–water partition coefficient (Wildman–Crippen LogP) is 5.59. The Labute approximate surface area is 166 Å². The highest BCUT2D eigenvalue weighted by molar-refractivity contribution is 9.10. The second-order valence-electron chi connectivity index (χ2n) is 6.53.